The summed E-state index contributed by atoms with van der Waals surface area (Å²) in [7, 11) is 0. The minimum absolute atomic E-state index is 0.0175. The Balaban J connectivity index is 1.90. The molecule has 4 aromatic rings. The molecule has 0 aliphatic heterocycles. The highest BCUT2D eigenvalue weighted by Crippen LogP contribution is 2.44. The lowest BCUT2D eigenvalue weighted by atomic mass is 10.0. The van der Waals surface area contributed by atoms with Gasteiger partial charge in [-0.05, 0) is 29.8 Å². The molecule has 0 atom stereocenters. The predicted molar refractivity (Wildman–Crippen MR) is 110 cm³/mol. The van der Waals surface area contributed by atoms with E-state index in [-0.39, 0.29) is 44.9 Å². The first-order valence-corrected chi connectivity index (χ1v) is 9.17. The summed E-state index contributed by atoms with van der Waals surface area (Å²) in [6, 6.07) is 16.0. The Kier molecular flexibility index (Phi) is 4.94. The molecule has 4 rings (SSSR count). The molecule has 0 saturated heterocycles. The SMILES string of the molecule is O=c1[nH]c2ncccc2c(O)c1-c1c(Cl)ccc(Cl)c1OCc1ccccc1. The number of H-pyrrole nitrogens is 1. The summed E-state index contributed by atoms with van der Waals surface area (Å²) in [6.45, 7) is 0.224. The zero-order chi connectivity index (χ0) is 19.7. The van der Waals surface area contributed by atoms with Crippen molar-refractivity contribution >= 4 is 34.2 Å². The van der Waals surface area contributed by atoms with Gasteiger partial charge in [-0.25, -0.2) is 4.98 Å². The van der Waals surface area contributed by atoms with Crippen molar-refractivity contribution in [1.29, 1.82) is 0 Å². The highest BCUT2D eigenvalue weighted by atomic mass is 35.5. The molecule has 0 aliphatic carbocycles. The number of rotatable bonds is 4. The lowest BCUT2D eigenvalue weighted by Gasteiger charge is -2.16. The van der Waals surface area contributed by atoms with Crippen LogP contribution in [0.2, 0.25) is 10.0 Å². The molecule has 2 aromatic carbocycles. The molecule has 28 heavy (non-hydrogen) atoms. The van der Waals surface area contributed by atoms with Gasteiger partial charge in [-0.1, -0.05) is 53.5 Å². The van der Waals surface area contributed by atoms with Crippen LogP contribution in [0.4, 0.5) is 0 Å². The van der Waals surface area contributed by atoms with Gasteiger partial charge in [0.25, 0.3) is 5.56 Å². The van der Waals surface area contributed by atoms with E-state index in [0.717, 1.165) is 5.56 Å². The summed E-state index contributed by atoms with van der Waals surface area (Å²) in [5.41, 5.74) is 0.868. The van der Waals surface area contributed by atoms with Gasteiger partial charge in [0, 0.05) is 6.20 Å². The van der Waals surface area contributed by atoms with Crippen molar-refractivity contribution in [1.82, 2.24) is 9.97 Å². The zero-order valence-corrected chi connectivity index (χ0v) is 16.0. The van der Waals surface area contributed by atoms with Crippen LogP contribution in [0.15, 0.2) is 65.6 Å². The van der Waals surface area contributed by atoms with E-state index < -0.39 is 5.56 Å². The third kappa shape index (κ3) is 3.30. The smallest absolute Gasteiger partial charge is 0.261 e. The average Bonchev–Trinajstić information content (AvgIpc) is 2.70. The molecule has 0 bridgehead atoms. The first-order valence-electron chi connectivity index (χ1n) is 8.41. The number of hydrogen-bond donors (Lipinski definition) is 2. The Bertz CT molecular complexity index is 1220. The number of fused-ring (bicyclic) bond motifs is 1. The van der Waals surface area contributed by atoms with Crippen molar-refractivity contribution in [2.75, 3.05) is 0 Å². The van der Waals surface area contributed by atoms with Crippen molar-refractivity contribution in [2.24, 2.45) is 0 Å². The first kappa shape index (κ1) is 18.3. The Labute approximate surface area is 170 Å². The largest absolute Gasteiger partial charge is 0.506 e. The summed E-state index contributed by atoms with van der Waals surface area (Å²) in [4.78, 5) is 19.5. The number of benzene rings is 2. The normalized spacial score (nSPS) is 10.9. The van der Waals surface area contributed by atoms with E-state index >= 15 is 0 Å². The number of halogens is 2. The van der Waals surface area contributed by atoms with Gasteiger partial charge in [0.2, 0.25) is 0 Å². The number of ether oxygens (including phenoxy) is 1. The third-order valence-corrected chi connectivity index (χ3v) is 4.91. The average molecular weight is 413 g/mol. The van der Waals surface area contributed by atoms with E-state index in [9.17, 15) is 9.90 Å². The number of aromatic nitrogens is 2. The molecule has 0 amide bonds. The van der Waals surface area contributed by atoms with Gasteiger partial charge in [-0.3, -0.25) is 4.79 Å². The number of aromatic amines is 1. The number of nitrogens with one attached hydrogen (secondary N) is 1. The van der Waals surface area contributed by atoms with Gasteiger partial charge in [-0.2, -0.15) is 0 Å². The van der Waals surface area contributed by atoms with Gasteiger partial charge < -0.3 is 14.8 Å². The van der Waals surface area contributed by atoms with Crippen LogP contribution in [0.1, 0.15) is 5.56 Å². The maximum absolute atomic E-state index is 12.7. The molecular weight excluding hydrogens is 399 g/mol. The summed E-state index contributed by atoms with van der Waals surface area (Å²) in [6.07, 6.45) is 1.53. The van der Waals surface area contributed by atoms with Crippen LogP contribution in [0.3, 0.4) is 0 Å². The van der Waals surface area contributed by atoms with Gasteiger partial charge in [-0.15, -0.1) is 0 Å². The number of pyridine rings is 2. The summed E-state index contributed by atoms with van der Waals surface area (Å²) in [5.74, 6) is -0.0114. The van der Waals surface area contributed by atoms with Crippen LogP contribution in [-0.2, 0) is 6.61 Å². The molecule has 0 radical (unpaired) electrons. The molecule has 7 heteroatoms. The molecule has 0 saturated carbocycles. The Morgan fingerprint density at radius 2 is 1.71 bits per heavy atom. The van der Waals surface area contributed by atoms with E-state index in [2.05, 4.69) is 9.97 Å². The maximum atomic E-state index is 12.7. The Hall–Kier alpha value is -3.02. The second kappa shape index (κ2) is 7.54. The van der Waals surface area contributed by atoms with E-state index in [1.165, 1.54) is 6.20 Å². The minimum Gasteiger partial charge on any atom is -0.506 e. The Morgan fingerprint density at radius 3 is 2.50 bits per heavy atom. The van der Waals surface area contributed by atoms with Crippen LogP contribution in [-0.4, -0.2) is 15.1 Å². The molecule has 2 N–H and O–H groups in total. The molecular formula is C21H14Cl2N2O3. The van der Waals surface area contributed by atoms with Gasteiger partial charge in [0.15, 0.2) is 0 Å². The summed E-state index contributed by atoms with van der Waals surface area (Å²) >= 11 is 12.7. The molecule has 140 valence electrons. The summed E-state index contributed by atoms with van der Waals surface area (Å²) < 4.78 is 5.92. The number of aromatic hydroxyl groups is 1. The highest BCUT2D eigenvalue weighted by molar-refractivity contribution is 6.37. The Morgan fingerprint density at radius 1 is 0.964 bits per heavy atom. The summed E-state index contributed by atoms with van der Waals surface area (Å²) in [5, 5.41) is 11.7. The number of hydrogen-bond acceptors (Lipinski definition) is 4. The standard InChI is InChI=1S/C21H14Cl2N2O3/c22-14-8-9-15(23)19(28-11-12-5-2-1-3-6-12)16(14)17-18(26)13-7-4-10-24-20(13)25-21(17)27/h1-10H,11H2,(H2,24,25,26,27). The predicted octanol–water partition coefficient (Wildman–Crippen LogP) is 5.18. The van der Waals surface area contributed by atoms with Crippen molar-refractivity contribution in [3.63, 3.8) is 0 Å². The van der Waals surface area contributed by atoms with Gasteiger partial charge in [0.05, 0.1) is 26.6 Å². The van der Waals surface area contributed by atoms with Crippen LogP contribution in [0.25, 0.3) is 22.2 Å². The maximum Gasteiger partial charge on any atom is 0.261 e. The highest BCUT2D eigenvalue weighted by Gasteiger charge is 2.23. The first-order chi connectivity index (χ1) is 13.6. The fourth-order valence-corrected chi connectivity index (χ4v) is 3.43. The van der Waals surface area contributed by atoms with Crippen LogP contribution < -0.4 is 10.3 Å². The van der Waals surface area contributed by atoms with E-state index in [1.54, 1.807) is 24.3 Å². The van der Waals surface area contributed by atoms with Crippen molar-refractivity contribution in [3.8, 4) is 22.6 Å². The lowest BCUT2D eigenvalue weighted by Crippen LogP contribution is -2.11. The van der Waals surface area contributed by atoms with Crippen LogP contribution in [0.5, 0.6) is 11.5 Å². The monoisotopic (exact) mass is 412 g/mol. The fraction of sp³-hybridized carbons (Fsp3) is 0.0476. The van der Waals surface area contributed by atoms with E-state index in [1.807, 2.05) is 30.3 Å². The minimum atomic E-state index is -0.544. The van der Waals surface area contributed by atoms with Crippen molar-refractivity contribution in [2.45, 2.75) is 6.61 Å². The fourth-order valence-electron chi connectivity index (χ4n) is 2.98. The topological polar surface area (TPSA) is 75.2 Å². The molecule has 0 spiro atoms. The molecule has 0 aliphatic rings. The molecule has 2 aromatic heterocycles. The van der Waals surface area contributed by atoms with Gasteiger partial charge >= 0.3 is 0 Å². The molecule has 0 fully saturated rings. The van der Waals surface area contributed by atoms with Gasteiger partial charge in [0.1, 0.15) is 23.8 Å². The molecule has 0 unspecified atom stereocenters. The third-order valence-electron chi connectivity index (χ3n) is 4.29. The van der Waals surface area contributed by atoms with Crippen LogP contribution in [0, 0.1) is 0 Å². The quantitative estimate of drug-likeness (QED) is 0.483. The molecule has 5 nitrogen and oxygen atoms in total. The van der Waals surface area contributed by atoms with Crippen molar-refractivity contribution < 1.29 is 9.84 Å². The second-order valence-corrected chi connectivity index (χ2v) is 6.90. The van der Waals surface area contributed by atoms with E-state index in [4.69, 9.17) is 27.9 Å². The second-order valence-electron chi connectivity index (χ2n) is 6.08. The lowest BCUT2D eigenvalue weighted by molar-refractivity contribution is 0.307. The zero-order valence-electron chi connectivity index (χ0n) is 14.4. The van der Waals surface area contributed by atoms with Crippen LogP contribution >= 0.6 is 23.2 Å². The van der Waals surface area contributed by atoms with Crippen molar-refractivity contribution in [3.05, 3.63) is 86.8 Å². The number of nitrogens with zero attached hydrogens (tertiary/aromatic N) is 1. The molecule has 2 heterocycles. The van der Waals surface area contributed by atoms with E-state index in [0.29, 0.717) is 5.39 Å².